The summed E-state index contributed by atoms with van der Waals surface area (Å²) >= 11 is 1.64. The number of hydrogen-bond donors (Lipinski definition) is 2. The fourth-order valence-electron chi connectivity index (χ4n) is 3.53. The van der Waals surface area contributed by atoms with Gasteiger partial charge in [0.1, 0.15) is 5.60 Å². The highest BCUT2D eigenvalue weighted by Gasteiger charge is 2.41. The van der Waals surface area contributed by atoms with Gasteiger partial charge in [0.05, 0.1) is 11.8 Å². The Morgan fingerprint density at radius 2 is 1.79 bits per heavy atom. The molecule has 1 aromatic rings. The maximum absolute atomic E-state index is 13.3. The molecular weight excluding hydrogens is 384 g/mol. The molecule has 3 atom stereocenters. The van der Waals surface area contributed by atoms with E-state index in [1.165, 1.54) is 0 Å². The summed E-state index contributed by atoms with van der Waals surface area (Å²) in [7, 11) is 0. The zero-order valence-electron chi connectivity index (χ0n) is 18.9. The average molecular weight is 423 g/mol. The van der Waals surface area contributed by atoms with Gasteiger partial charge in [0.25, 0.3) is 0 Å². The van der Waals surface area contributed by atoms with Crippen molar-refractivity contribution in [2.24, 2.45) is 35.4 Å². The summed E-state index contributed by atoms with van der Waals surface area (Å²) in [6, 6.07) is 4.03. The molecule has 1 heterocycles. The molecule has 0 bridgehead atoms. The number of nitrogens with two attached hydrogens (primary N) is 1. The summed E-state index contributed by atoms with van der Waals surface area (Å²) in [4.78, 5) is 27.1. The normalized spacial score (nSPS) is 15.5. The number of hydrazine groups is 1. The first kappa shape index (κ1) is 25.4. The molecule has 5 nitrogen and oxygen atoms in total. The van der Waals surface area contributed by atoms with Crippen molar-refractivity contribution >= 4 is 29.3 Å². The van der Waals surface area contributed by atoms with Crippen LogP contribution in [0.15, 0.2) is 23.6 Å². The predicted octanol–water partition coefficient (Wildman–Crippen LogP) is 5.03. The van der Waals surface area contributed by atoms with Crippen molar-refractivity contribution in [3.63, 3.8) is 0 Å². The van der Waals surface area contributed by atoms with Gasteiger partial charge in [-0.3, -0.25) is 15.0 Å². The maximum atomic E-state index is 13.3. The number of hydrogen-bond acceptors (Lipinski definition) is 5. The Morgan fingerprint density at radius 3 is 2.24 bits per heavy atom. The van der Waals surface area contributed by atoms with Gasteiger partial charge in [0.2, 0.25) is 5.91 Å². The van der Waals surface area contributed by atoms with Gasteiger partial charge in [-0.15, -0.1) is 11.3 Å². The maximum Gasteiger partial charge on any atom is 0.310 e. The standard InChI is InChI=1S/C23H38N2O3S/c1-15(2)13-17(10-11-18-9-8-12-29-18)20(22(27)28-23(5,6)7)19(14-16(3)4)21(26)25-24/h8-12,15-17,19-20H,13-14,24H2,1-7H3,(H,25,26)/t17?,19-,20?/m1/s1. The number of thiophene rings is 1. The number of carbonyl (C=O) groups is 2. The zero-order chi connectivity index (χ0) is 22.2. The minimum atomic E-state index is -0.628. The van der Waals surface area contributed by atoms with Gasteiger partial charge in [-0.25, -0.2) is 5.84 Å². The third-order valence-corrected chi connectivity index (χ3v) is 5.41. The van der Waals surface area contributed by atoms with Gasteiger partial charge in [0.15, 0.2) is 0 Å². The van der Waals surface area contributed by atoms with Crippen molar-refractivity contribution < 1.29 is 14.3 Å². The lowest BCUT2D eigenvalue weighted by Gasteiger charge is -2.33. The van der Waals surface area contributed by atoms with Crippen LogP contribution in [0.4, 0.5) is 0 Å². The Hall–Kier alpha value is -1.66. The highest BCUT2D eigenvalue weighted by atomic mass is 32.1. The zero-order valence-corrected chi connectivity index (χ0v) is 19.7. The van der Waals surface area contributed by atoms with Crippen LogP contribution in [-0.4, -0.2) is 17.5 Å². The molecule has 0 aliphatic carbocycles. The lowest BCUT2D eigenvalue weighted by Crippen LogP contribution is -2.46. The van der Waals surface area contributed by atoms with Crippen LogP contribution in [0.25, 0.3) is 6.08 Å². The van der Waals surface area contributed by atoms with E-state index in [2.05, 4.69) is 25.3 Å². The highest BCUT2D eigenvalue weighted by molar-refractivity contribution is 7.10. The molecule has 1 amide bonds. The summed E-state index contributed by atoms with van der Waals surface area (Å²) in [5, 5.41) is 2.02. The van der Waals surface area contributed by atoms with Crippen molar-refractivity contribution in [1.29, 1.82) is 0 Å². The molecular formula is C23H38N2O3S. The fourth-order valence-corrected chi connectivity index (χ4v) is 4.16. The summed E-state index contributed by atoms with van der Waals surface area (Å²) in [5.74, 6) is 4.17. The summed E-state index contributed by atoms with van der Waals surface area (Å²) in [5.41, 5.74) is 1.65. The Kier molecular flexibility index (Phi) is 10.1. The fraction of sp³-hybridized carbons (Fsp3) is 0.652. The van der Waals surface area contributed by atoms with Crippen molar-refractivity contribution in [2.45, 2.75) is 66.9 Å². The number of carbonyl (C=O) groups excluding carboxylic acids is 2. The lowest BCUT2D eigenvalue weighted by atomic mass is 9.74. The van der Waals surface area contributed by atoms with E-state index in [-0.39, 0.29) is 23.7 Å². The average Bonchev–Trinajstić information content (AvgIpc) is 3.09. The molecule has 1 rings (SSSR count). The van der Waals surface area contributed by atoms with Crippen LogP contribution in [0.2, 0.25) is 0 Å². The van der Waals surface area contributed by atoms with E-state index in [9.17, 15) is 9.59 Å². The number of allylic oxidation sites excluding steroid dienone is 1. The Labute approximate surface area is 180 Å². The molecule has 0 saturated carbocycles. The molecule has 164 valence electrons. The molecule has 0 spiro atoms. The van der Waals surface area contributed by atoms with Gasteiger partial charge in [-0.1, -0.05) is 39.8 Å². The van der Waals surface area contributed by atoms with Gasteiger partial charge >= 0.3 is 5.97 Å². The van der Waals surface area contributed by atoms with Crippen molar-refractivity contribution in [2.75, 3.05) is 0 Å². The van der Waals surface area contributed by atoms with Gasteiger partial charge in [-0.05, 0) is 68.9 Å². The largest absolute Gasteiger partial charge is 0.460 e. The quantitative estimate of drug-likeness (QED) is 0.240. The topological polar surface area (TPSA) is 81.4 Å². The van der Waals surface area contributed by atoms with E-state index in [4.69, 9.17) is 10.6 Å². The molecule has 0 radical (unpaired) electrons. The number of ether oxygens (including phenoxy) is 1. The Bertz CT molecular complexity index is 660. The third kappa shape index (κ3) is 9.13. The molecule has 6 heteroatoms. The molecule has 2 unspecified atom stereocenters. The van der Waals surface area contributed by atoms with Crippen molar-refractivity contribution in [3.8, 4) is 0 Å². The van der Waals surface area contributed by atoms with E-state index in [1.54, 1.807) is 11.3 Å². The number of esters is 1. The van der Waals surface area contributed by atoms with Crippen molar-refractivity contribution in [3.05, 3.63) is 28.5 Å². The van der Waals surface area contributed by atoms with Crippen LogP contribution in [0.3, 0.4) is 0 Å². The molecule has 0 aliphatic rings. The second kappa shape index (κ2) is 11.5. The van der Waals surface area contributed by atoms with Crippen LogP contribution < -0.4 is 11.3 Å². The minimum absolute atomic E-state index is 0.131. The summed E-state index contributed by atoms with van der Waals surface area (Å²) < 4.78 is 5.77. The lowest BCUT2D eigenvalue weighted by molar-refractivity contribution is -0.166. The van der Waals surface area contributed by atoms with Crippen LogP contribution in [-0.2, 0) is 14.3 Å². The molecule has 0 fully saturated rings. The second-order valence-electron chi connectivity index (χ2n) is 9.47. The molecule has 3 N–H and O–H groups in total. The van der Waals surface area contributed by atoms with Gasteiger partial charge in [0, 0.05) is 4.88 Å². The smallest absolute Gasteiger partial charge is 0.310 e. The van der Waals surface area contributed by atoms with Crippen LogP contribution >= 0.6 is 11.3 Å². The minimum Gasteiger partial charge on any atom is -0.460 e. The Balaban J connectivity index is 3.39. The van der Waals surface area contributed by atoms with Gasteiger partial charge < -0.3 is 4.74 Å². The summed E-state index contributed by atoms with van der Waals surface area (Å²) in [6.45, 7) is 13.9. The second-order valence-corrected chi connectivity index (χ2v) is 10.5. The molecule has 0 aromatic carbocycles. The molecule has 0 aliphatic heterocycles. The van der Waals surface area contributed by atoms with E-state index < -0.39 is 17.4 Å². The SMILES string of the molecule is CC(C)CC(C=Cc1cccs1)C(C(=O)OC(C)(C)C)[C@@H](CC(C)C)C(=O)NN. The van der Waals surface area contributed by atoms with E-state index in [0.717, 1.165) is 11.3 Å². The van der Waals surface area contributed by atoms with Gasteiger partial charge in [-0.2, -0.15) is 0 Å². The number of rotatable bonds is 10. The highest BCUT2D eigenvalue weighted by Crippen LogP contribution is 2.35. The summed E-state index contributed by atoms with van der Waals surface area (Å²) in [6.07, 6.45) is 5.45. The monoisotopic (exact) mass is 422 g/mol. The van der Waals surface area contributed by atoms with E-state index in [0.29, 0.717) is 12.3 Å². The van der Waals surface area contributed by atoms with E-state index in [1.807, 2.05) is 58.2 Å². The van der Waals surface area contributed by atoms with Crippen LogP contribution in [0, 0.1) is 29.6 Å². The first-order valence-electron chi connectivity index (χ1n) is 10.4. The van der Waals surface area contributed by atoms with Crippen molar-refractivity contribution in [1.82, 2.24) is 5.43 Å². The first-order valence-corrected chi connectivity index (χ1v) is 11.3. The van der Waals surface area contributed by atoms with Crippen LogP contribution in [0.5, 0.6) is 0 Å². The predicted molar refractivity (Wildman–Crippen MR) is 121 cm³/mol. The van der Waals surface area contributed by atoms with Crippen LogP contribution in [0.1, 0.15) is 66.2 Å². The first-order chi connectivity index (χ1) is 13.4. The Morgan fingerprint density at radius 1 is 1.17 bits per heavy atom. The number of nitrogens with one attached hydrogen (secondary N) is 1. The van der Waals surface area contributed by atoms with E-state index >= 15 is 0 Å². The molecule has 0 saturated heterocycles. The number of amides is 1. The molecule has 1 aromatic heterocycles. The molecule has 29 heavy (non-hydrogen) atoms. The third-order valence-electron chi connectivity index (χ3n) is 4.57.